The Kier molecular flexibility index (Phi) is 2.47. The molecule has 5 nitrogen and oxygen atoms in total. The number of hydrogen-bond donors (Lipinski definition) is 2. The number of hydrogen-bond acceptors (Lipinski definition) is 4. The summed E-state index contributed by atoms with van der Waals surface area (Å²) >= 11 is 0. The molecule has 0 bridgehead atoms. The van der Waals surface area contributed by atoms with E-state index in [0.29, 0.717) is 12.0 Å². The smallest absolute Gasteiger partial charge is 0.236 e. The van der Waals surface area contributed by atoms with Gasteiger partial charge in [-0.1, -0.05) is 6.08 Å². The van der Waals surface area contributed by atoms with E-state index in [0.717, 1.165) is 4.73 Å². The Morgan fingerprint density at radius 3 is 3.25 bits per heavy atom. The zero-order valence-corrected chi connectivity index (χ0v) is 6.51. The average Bonchev–Trinajstić information content (AvgIpc) is 2.08. The Hall–Kier alpha value is -1.78. The lowest BCUT2D eigenvalue weighted by atomic mass is 10.6. The maximum atomic E-state index is 9.23. The summed E-state index contributed by atoms with van der Waals surface area (Å²) in [6.45, 7) is 3.93. The molecule has 0 aromatic carbocycles. The maximum Gasteiger partial charge on any atom is 0.236 e. The number of anilines is 1. The summed E-state index contributed by atoms with van der Waals surface area (Å²) in [7, 11) is 0. The van der Waals surface area contributed by atoms with E-state index in [9.17, 15) is 5.21 Å². The summed E-state index contributed by atoms with van der Waals surface area (Å²) in [4.78, 5) is 7.61. The van der Waals surface area contributed by atoms with Crippen molar-refractivity contribution in [1.82, 2.24) is 9.71 Å². The fourth-order valence-corrected chi connectivity index (χ4v) is 0.701. The second-order valence-corrected chi connectivity index (χ2v) is 2.10. The Morgan fingerprint density at radius 1 is 1.83 bits per heavy atom. The first-order chi connectivity index (χ1) is 5.75. The predicted molar refractivity (Wildman–Crippen MR) is 44.5 cm³/mol. The van der Waals surface area contributed by atoms with E-state index in [1.807, 2.05) is 0 Å². The van der Waals surface area contributed by atoms with E-state index in [-0.39, 0.29) is 5.95 Å². The van der Waals surface area contributed by atoms with Crippen LogP contribution in [0.15, 0.2) is 29.9 Å². The van der Waals surface area contributed by atoms with Crippen LogP contribution < -0.4 is 11.2 Å². The van der Waals surface area contributed by atoms with Gasteiger partial charge in [0.05, 0.1) is 6.54 Å². The van der Waals surface area contributed by atoms with Crippen molar-refractivity contribution < 1.29 is 5.21 Å². The van der Waals surface area contributed by atoms with Crippen LogP contribution in [-0.4, -0.2) is 21.5 Å². The van der Waals surface area contributed by atoms with Crippen LogP contribution in [0.5, 0.6) is 0 Å². The summed E-state index contributed by atoms with van der Waals surface area (Å²) in [5.41, 5.74) is 5.67. The third-order valence-electron chi connectivity index (χ3n) is 1.25. The van der Waals surface area contributed by atoms with Gasteiger partial charge in [-0.2, -0.15) is 0 Å². The molecule has 0 radical (unpaired) electrons. The fourth-order valence-electron chi connectivity index (χ4n) is 0.701. The number of aromatic nitrogens is 2. The Balaban J connectivity index is 3.15. The van der Waals surface area contributed by atoms with Gasteiger partial charge in [0.2, 0.25) is 5.95 Å². The van der Waals surface area contributed by atoms with Crippen LogP contribution in [0.25, 0.3) is 0 Å². The van der Waals surface area contributed by atoms with E-state index in [1.54, 1.807) is 12.1 Å². The van der Waals surface area contributed by atoms with Crippen molar-refractivity contribution in [1.29, 1.82) is 0 Å². The van der Waals surface area contributed by atoms with Gasteiger partial charge in [-0.05, 0) is 0 Å². The van der Waals surface area contributed by atoms with E-state index in [4.69, 9.17) is 5.73 Å². The van der Waals surface area contributed by atoms with Gasteiger partial charge in [0.15, 0.2) is 5.49 Å². The van der Waals surface area contributed by atoms with Crippen LogP contribution in [-0.2, 0) is 0 Å². The maximum absolute atomic E-state index is 9.23. The predicted octanol–water partition coefficient (Wildman–Crippen LogP) is -0.211. The molecule has 5 heteroatoms. The molecule has 0 aliphatic rings. The summed E-state index contributed by atoms with van der Waals surface area (Å²) in [5, 5.41) is 9.23. The highest BCUT2D eigenvalue weighted by Crippen LogP contribution is 1.85. The third kappa shape index (κ3) is 1.63. The third-order valence-corrected chi connectivity index (χ3v) is 1.25. The van der Waals surface area contributed by atoms with Crippen molar-refractivity contribution in [2.45, 2.75) is 0 Å². The molecule has 1 aromatic heterocycles. The van der Waals surface area contributed by atoms with Gasteiger partial charge in [0.1, 0.15) is 0 Å². The first-order valence-electron chi connectivity index (χ1n) is 3.40. The zero-order chi connectivity index (χ0) is 8.97. The summed E-state index contributed by atoms with van der Waals surface area (Å²) in [5.74, 6) is 0.0142. The Morgan fingerprint density at radius 2 is 2.58 bits per heavy atom. The van der Waals surface area contributed by atoms with E-state index in [2.05, 4.69) is 16.6 Å². The molecule has 1 heterocycles. The molecule has 0 atom stereocenters. The molecule has 0 amide bonds. The Labute approximate surface area is 69.5 Å². The normalized spacial score (nSPS) is 11.5. The van der Waals surface area contributed by atoms with Gasteiger partial charge in [0.25, 0.3) is 0 Å². The topological polar surface area (TPSA) is 76.4 Å². The standard InChI is InChI=1S/C7H10N4O/c1-2-4-9-6-3-5-10-7(8)11(6)12/h2-3,5,12H,1,4H2,(H2,8,10). The molecule has 0 fully saturated rings. The quantitative estimate of drug-likeness (QED) is 0.471. The van der Waals surface area contributed by atoms with E-state index in [1.165, 1.54) is 6.20 Å². The van der Waals surface area contributed by atoms with Crippen molar-refractivity contribution in [3.05, 3.63) is 30.4 Å². The van der Waals surface area contributed by atoms with Crippen LogP contribution in [0.1, 0.15) is 0 Å². The molecule has 12 heavy (non-hydrogen) atoms. The SMILES string of the molecule is C=CCN=c1ccnc(N)n1O. The molecule has 0 aliphatic carbocycles. The minimum Gasteiger partial charge on any atom is -0.423 e. The minimum absolute atomic E-state index is 0.0142. The zero-order valence-electron chi connectivity index (χ0n) is 6.51. The highest BCUT2D eigenvalue weighted by atomic mass is 16.5. The van der Waals surface area contributed by atoms with E-state index < -0.39 is 0 Å². The molecule has 0 aliphatic heterocycles. The van der Waals surface area contributed by atoms with Crippen LogP contribution in [0.3, 0.4) is 0 Å². The molecular formula is C7H10N4O. The fraction of sp³-hybridized carbons (Fsp3) is 0.143. The van der Waals surface area contributed by atoms with Crippen molar-refractivity contribution in [3.8, 4) is 0 Å². The molecule has 0 unspecified atom stereocenters. The first-order valence-corrected chi connectivity index (χ1v) is 3.40. The van der Waals surface area contributed by atoms with Gasteiger partial charge >= 0.3 is 0 Å². The van der Waals surface area contributed by atoms with Gasteiger partial charge < -0.3 is 10.9 Å². The molecule has 3 N–H and O–H groups in total. The molecule has 0 spiro atoms. The highest BCUT2D eigenvalue weighted by Gasteiger charge is 1.93. The molecule has 0 saturated heterocycles. The van der Waals surface area contributed by atoms with Crippen LogP contribution in [0.2, 0.25) is 0 Å². The number of nitrogen functional groups attached to an aromatic ring is 1. The average molecular weight is 166 g/mol. The monoisotopic (exact) mass is 166 g/mol. The number of rotatable bonds is 2. The molecule has 64 valence electrons. The van der Waals surface area contributed by atoms with Crippen molar-refractivity contribution in [3.63, 3.8) is 0 Å². The number of nitrogens with zero attached hydrogens (tertiary/aromatic N) is 3. The van der Waals surface area contributed by atoms with Gasteiger partial charge in [-0.25, -0.2) is 4.98 Å². The molecule has 1 rings (SSSR count). The lowest BCUT2D eigenvalue weighted by Crippen LogP contribution is -2.22. The van der Waals surface area contributed by atoms with Gasteiger partial charge in [0, 0.05) is 12.3 Å². The largest absolute Gasteiger partial charge is 0.423 e. The van der Waals surface area contributed by atoms with Crippen molar-refractivity contribution in [2.75, 3.05) is 12.3 Å². The lowest BCUT2D eigenvalue weighted by molar-refractivity contribution is 0.175. The van der Waals surface area contributed by atoms with E-state index >= 15 is 0 Å². The summed E-state index contributed by atoms with van der Waals surface area (Å²) in [6, 6.07) is 1.56. The summed E-state index contributed by atoms with van der Waals surface area (Å²) < 4.78 is 0.726. The molecule has 0 saturated carbocycles. The summed E-state index contributed by atoms with van der Waals surface area (Å²) in [6.07, 6.45) is 3.10. The first kappa shape index (κ1) is 8.32. The van der Waals surface area contributed by atoms with Gasteiger partial charge in [-0.3, -0.25) is 4.99 Å². The van der Waals surface area contributed by atoms with Crippen LogP contribution >= 0.6 is 0 Å². The second-order valence-electron chi connectivity index (χ2n) is 2.10. The van der Waals surface area contributed by atoms with Crippen LogP contribution in [0.4, 0.5) is 5.95 Å². The van der Waals surface area contributed by atoms with Crippen molar-refractivity contribution >= 4 is 5.95 Å². The minimum atomic E-state index is 0.0142. The Bertz CT molecular complexity index is 342. The molecular weight excluding hydrogens is 156 g/mol. The second kappa shape index (κ2) is 3.56. The highest BCUT2D eigenvalue weighted by molar-refractivity contribution is 5.13. The van der Waals surface area contributed by atoms with Gasteiger partial charge in [-0.15, -0.1) is 11.3 Å². The number of nitrogens with two attached hydrogens (primary N) is 1. The van der Waals surface area contributed by atoms with Crippen LogP contribution in [0, 0.1) is 0 Å². The molecule has 1 aromatic rings. The van der Waals surface area contributed by atoms with Crippen molar-refractivity contribution in [2.24, 2.45) is 4.99 Å². The lowest BCUT2D eigenvalue weighted by Gasteiger charge is -1.99.